The summed E-state index contributed by atoms with van der Waals surface area (Å²) in [6, 6.07) is 12.3. The number of sulfonamides is 1. The zero-order valence-electron chi connectivity index (χ0n) is 14.5. The second-order valence-electron chi connectivity index (χ2n) is 6.57. The van der Waals surface area contributed by atoms with Crippen LogP contribution in [0.4, 0.5) is 13.2 Å². The highest BCUT2D eigenvalue weighted by molar-refractivity contribution is 7.88. The number of halogens is 3. The lowest BCUT2D eigenvalue weighted by molar-refractivity contribution is -0.615. The molecule has 0 bridgehead atoms. The third-order valence-electron chi connectivity index (χ3n) is 4.55. The summed E-state index contributed by atoms with van der Waals surface area (Å²) in [7, 11) is -3.42. The summed E-state index contributed by atoms with van der Waals surface area (Å²) in [6.07, 6.45) is -3.94. The van der Waals surface area contributed by atoms with E-state index in [4.69, 9.17) is 5.73 Å². The minimum absolute atomic E-state index is 0.0101. The molecule has 0 amide bonds. The molecule has 0 fully saturated rings. The van der Waals surface area contributed by atoms with Crippen molar-refractivity contribution in [1.29, 1.82) is 0 Å². The van der Waals surface area contributed by atoms with Gasteiger partial charge in [0.25, 0.3) is 5.84 Å². The highest BCUT2D eigenvalue weighted by atomic mass is 32.2. The summed E-state index contributed by atoms with van der Waals surface area (Å²) < 4.78 is 67.3. The number of hydrogen-bond acceptors (Lipinski definition) is 3. The Kier molecular flexibility index (Phi) is 4.77. The van der Waals surface area contributed by atoms with Crippen LogP contribution in [0.25, 0.3) is 0 Å². The molecule has 0 aliphatic carbocycles. The number of nitrogens with two attached hydrogens (primary N) is 1. The fourth-order valence-corrected chi connectivity index (χ4v) is 3.67. The minimum atomic E-state index is -4.60. The first-order chi connectivity index (χ1) is 12.5. The maximum absolute atomic E-state index is 14.1. The van der Waals surface area contributed by atoms with Crippen molar-refractivity contribution in [3.05, 3.63) is 70.8 Å². The van der Waals surface area contributed by atoms with E-state index in [0.717, 1.165) is 6.26 Å². The maximum Gasteiger partial charge on any atom is 0.436 e. The van der Waals surface area contributed by atoms with Gasteiger partial charge in [0.1, 0.15) is 0 Å². The molecular weight excluding hydrogens is 379 g/mol. The molecule has 27 heavy (non-hydrogen) atoms. The van der Waals surface area contributed by atoms with Crippen LogP contribution in [0.2, 0.25) is 0 Å². The van der Waals surface area contributed by atoms with Crippen LogP contribution >= 0.6 is 0 Å². The zero-order chi connectivity index (χ0) is 19.9. The average molecular weight is 398 g/mol. The fraction of sp³-hybridized carbons (Fsp3) is 0.278. The lowest BCUT2D eigenvalue weighted by Crippen LogP contribution is -2.93. The standard InChI is InChI=1S/C18H18F3N3O2S/c1-27(25,26)23-11-12-7-8-15-13(9-12)10-17(18(19,20)21,24-16(15)22)14-5-3-2-4-6-14/h2-9,23H,10-11H2,1H3,(H2,22,24)/p+1. The van der Waals surface area contributed by atoms with Crippen LogP contribution in [-0.4, -0.2) is 26.7 Å². The van der Waals surface area contributed by atoms with Gasteiger partial charge in [-0.25, -0.2) is 13.1 Å². The van der Waals surface area contributed by atoms with Crippen LogP contribution in [0.5, 0.6) is 0 Å². The quantitative estimate of drug-likeness (QED) is 0.703. The molecule has 2 aromatic rings. The van der Waals surface area contributed by atoms with E-state index in [9.17, 15) is 21.6 Å². The molecule has 1 unspecified atom stereocenters. The largest absolute Gasteiger partial charge is 0.436 e. The molecule has 0 radical (unpaired) electrons. The predicted octanol–water partition coefficient (Wildman–Crippen LogP) is 0.536. The first-order valence-electron chi connectivity index (χ1n) is 8.11. The van der Waals surface area contributed by atoms with Crippen molar-refractivity contribution in [1.82, 2.24) is 4.72 Å². The van der Waals surface area contributed by atoms with E-state index in [0.29, 0.717) is 16.7 Å². The van der Waals surface area contributed by atoms with Gasteiger partial charge < -0.3 is 0 Å². The van der Waals surface area contributed by atoms with Gasteiger partial charge >= 0.3 is 6.18 Å². The molecular formula is C18H19F3N3O2S+. The maximum atomic E-state index is 14.1. The molecule has 2 aromatic carbocycles. The van der Waals surface area contributed by atoms with Crippen molar-refractivity contribution in [3.63, 3.8) is 0 Å². The number of alkyl halides is 3. The Morgan fingerprint density at radius 1 is 1.19 bits per heavy atom. The Morgan fingerprint density at radius 3 is 2.44 bits per heavy atom. The van der Waals surface area contributed by atoms with Gasteiger partial charge in [0, 0.05) is 18.5 Å². The molecule has 144 valence electrons. The average Bonchev–Trinajstić information content (AvgIpc) is 2.58. The first kappa shape index (κ1) is 19.4. The highest BCUT2D eigenvalue weighted by Gasteiger charge is 2.60. The van der Waals surface area contributed by atoms with Crippen LogP contribution < -0.4 is 15.4 Å². The van der Waals surface area contributed by atoms with Crippen LogP contribution in [0.3, 0.4) is 0 Å². The van der Waals surface area contributed by atoms with Crippen molar-refractivity contribution in [2.24, 2.45) is 5.73 Å². The SMILES string of the molecule is CS(=O)(=O)NCc1ccc2c(c1)CC(c1ccccc1)(C(F)(F)F)[NH+]=C2N. The van der Waals surface area contributed by atoms with Gasteiger partial charge in [-0.3, -0.25) is 10.7 Å². The Morgan fingerprint density at radius 2 is 1.85 bits per heavy atom. The summed E-state index contributed by atoms with van der Waals surface area (Å²) in [6.45, 7) is -0.0101. The molecule has 5 nitrogen and oxygen atoms in total. The van der Waals surface area contributed by atoms with Crippen molar-refractivity contribution in [3.8, 4) is 0 Å². The van der Waals surface area contributed by atoms with Crippen molar-refractivity contribution >= 4 is 15.9 Å². The smallest absolute Gasteiger partial charge is 0.287 e. The molecule has 3 rings (SSSR count). The van der Waals surface area contributed by atoms with Gasteiger partial charge in [-0.15, -0.1) is 0 Å². The second kappa shape index (κ2) is 6.65. The molecule has 9 heteroatoms. The second-order valence-corrected chi connectivity index (χ2v) is 8.40. The highest BCUT2D eigenvalue weighted by Crippen LogP contribution is 2.39. The molecule has 1 aliphatic heterocycles. The Labute approximate surface area is 155 Å². The number of rotatable bonds is 4. The van der Waals surface area contributed by atoms with Crippen LogP contribution in [0.1, 0.15) is 22.3 Å². The number of amidine groups is 1. The van der Waals surface area contributed by atoms with E-state index in [1.807, 2.05) is 0 Å². The number of fused-ring (bicyclic) bond motifs is 1. The molecule has 1 aliphatic rings. The van der Waals surface area contributed by atoms with Gasteiger partial charge in [0.15, 0.2) is 0 Å². The molecule has 0 saturated heterocycles. The van der Waals surface area contributed by atoms with Gasteiger partial charge in [0.05, 0.1) is 11.8 Å². The molecule has 1 atom stereocenters. The third kappa shape index (κ3) is 3.84. The lowest BCUT2D eigenvalue weighted by atomic mass is 9.79. The van der Waals surface area contributed by atoms with Gasteiger partial charge in [-0.1, -0.05) is 42.5 Å². The van der Waals surface area contributed by atoms with Crippen LogP contribution in [-0.2, 0) is 28.5 Å². The predicted molar refractivity (Wildman–Crippen MR) is 95.3 cm³/mol. The zero-order valence-corrected chi connectivity index (χ0v) is 15.3. The van der Waals surface area contributed by atoms with E-state index >= 15 is 0 Å². The normalized spacial score (nSPS) is 20.1. The van der Waals surface area contributed by atoms with E-state index < -0.39 is 21.7 Å². The monoisotopic (exact) mass is 398 g/mol. The Balaban J connectivity index is 2.08. The number of nitrogens with one attached hydrogen (secondary N) is 2. The van der Waals surface area contributed by atoms with Crippen LogP contribution in [0, 0.1) is 0 Å². The number of nitrogen functional groups attached to an aromatic ring is 1. The molecule has 0 spiro atoms. The van der Waals surface area contributed by atoms with Crippen molar-refractivity contribution in [2.75, 3.05) is 6.26 Å². The topological polar surface area (TPSA) is 86.2 Å². The van der Waals surface area contributed by atoms with Crippen LogP contribution in [0.15, 0.2) is 48.5 Å². The Bertz CT molecular complexity index is 989. The lowest BCUT2D eigenvalue weighted by Gasteiger charge is -2.34. The van der Waals surface area contributed by atoms with Gasteiger partial charge in [-0.05, 0) is 17.2 Å². The molecule has 1 heterocycles. The fourth-order valence-electron chi connectivity index (χ4n) is 3.24. The molecule has 0 saturated carbocycles. The van der Waals surface area contributed by atoms with Crippen molar-refractivity contribution < 1.29 is 26.6 Å². The van der Waals surface area contributed by atoms with E-state index in [1.165, 1.54) is 12.1 Å². The first-order valence-corrected chi connectivity index (χ1v) is 10.0. The minimum Gasteiger partial charge on any atom is -0.287 e. The summed E-state index contributed by atoms with van der Waals surface area (Å²) in [4.78, 5) is 2.48. The van der Waals surface area contributed by atoms with E-state index in [1.54, 1.807) is 36.4 Å². The number of hydrogen-bond donors (Lipinski definition) is 3. The Hall–Kier alpha value is -2.39. The summed E-state index contributed by atoms with van der Waals surface area (Å²) in [5.74, 6) is -0.0694. The van der Waals surface area contributed by atoms with Crippen molar-refractivity contribution in [2.45, 2.75) is 24.7 Å². The van der Waals surface area contributed by atoms with E-state index in [2.05, 4.69) is 9.71 Å². The summed E-state index contributed by atoms with van der Waals surface area (Å²) >= 11 is 0. The molecule has 0 aromatic heterocycles. The van der Waals surface area contributed by atoms with Gasteiger partial charge in [-0.2, -0.15) is 13.2 Å². The summed E-state index contributed by atoms with van der Waals surface area (Å²) in [5, 5.41) is 0. The number of benzene rings is 2. The van der Waals surface area contributed by atoms with E-state index in [-0.39, 0.29) is 24.4 Å². The molecule has 4 N–H and O–H groups in total. The van der Waals surface area contributed by atoms with Gasteiger partial charge in [0.2, 0.25) is 15.6 Å². The summed E-state index contributed by atoms with van der Waals surface area (Å²) in [5.41, 5.74) is 5.09. The third-order valence-corrected chi connectivity index (χ3v) is 5.22.